The Kier molecular flexibility index (Phi) is 6.17. The third-order valence-electron chi connectivity index (χ3n) is 1.58. The van der Waals surface area contributed by atoms with E-state index >= 15 is 0 Å². The highest BCUT2D eigenvalue weighted by molar-refractivity contribution is 4.76. The first kappa shape index (κ1) is 11.8. The number of rotatable bonds is 6. The first-order valence-corrected chi connectivity index (χ1v) is 3.60. The Labute approximate surface area is 70.9 Å². The van der Waals surface area contributed by atoms with E-state index in [1.165, 1.54) is 7.11 Å². The Bertz CT molecular complexity index is 110. The van der Waals surface area contributed by atoms with Crippen LogP contribution in [0.3, 0.4) is 0 Å². The number of nitrogens with one attached hydrogen (secondary N) is 1. The maximum Gasteiger partial charge on any atom is 0.110 e. The minimum Gasteiger partial charge on any atom is -0.394 e. The van der Waals surface area contributed by atoms with Gasteiger partial charge in [-0.25, -0.2) is 0 Å². The standard InChI is InChI=1S/C6H16N2O4/c1-12-5(3-9)6(11)4(10)2-8-7/h4-6,8-11H,2-3,7H2,1H3. The van der Waals surface area contributed by atoms with Crippen molar-refractivity contribution in [1.82, 2.24) is 5.43 Å². The lowest BCUT2D eigenvalue weighted by Gasteiger charge is -2.23. The molecule has 3 unspecified atom stereocenters. The van der Waals surface area contributed by atoms with E-state index in [9.17, 15) is 5.11 Å². The van der Waals surface area contributed by atoms with Crippen LogP contribution in [-0.2, 0) is 4.74 Å². The van der Waals surface area contributed by atoms with Crippen molar-refractivity contribution in [3.05, 3.63) is 0 Å². The van der Waals surface area contributed by atoms with Crippen LogP contribution in [0.2, 0.25) is 0 Å². The van der Waals surface area contributed by atoms with Gasteiger partial charge in [0, 0.05) is 13.7 Å². The average molecular weight is 180 g/mol. The van der Waals surface area contributed by atoms with Crippen LogP contribution in [0.1, 0.15) is 0 Å². The lowest BCUT2D eigenvalue weighted by Crippen LogP contribution is -2.46. The van der Waals surface area contributed by atoms with Crippen LogP contribution in [0.4, 0.5) is 0 Å². The van der Waals surface area contributed by atoms with E-state index in [0.717, 1.165) is 0 Å². The van der Waals surface area contributed by atoms with E-state index in [0.29, 0.717) is 0 Å². The molecule has 0 aliphatic carbocycles. The van der Waals surface area contributed by atoms with Gasteiger partial charge in [0.2, 0.25) is 0 Å². The molecule has 6 nitrogen and oxygen atoms in total. The summed E-state index contributed by atoms with van der Waals surface area (Å²) >= 11 is 0. The molecule has 0 aromatic heterocycles. The number of methoxy groups -OCH3 is 1. The highest BCUT2D eigenvalue weighted by Crippen LogP contribution is 2.02. The Balaban J connectivity index is 3.87. The van der Waals surface area contributed by atoms with Gasteiger partial charge in [0.25, 0.3) is 0 Å². The molecule has 74 valence electrons. The van der Waals surface area contributed by atoms with Crippen LogP contribution in [0.5, 0.6) is 0 Å². The minimum atomic E-state index is -1.14. The predicted octanol–water partition coefficient (Wildman–Crippen LogP) is -2.82. The third-order valence-corrected chi connectivity index (χ3v) is 1.58. The maximum atomic E-state index is 9.28. The molecule has 6 N–H and O–H groups in total. The molecule has 0 radical (unpaired) electrons. The molecule has 6 heteroatoms. The SMILES string of the molecule is COC(CO)C(O)C(O)CNN. The van der Waals surface area contributed by atoms with Crippen LogP contribution in [0.25, 0.3) is 0 Å². The predicted molar refractivity (Wildman–Crippen MR) is 42.1 cm³/mol. The van der Waals surface area contributed by atoms with Crippen LogP contribution in [-0.4, -0.2) is 53.9 Å². The number of aliphatic hydroxyl groups excluding tert-OH is 3. The zero-order chi connectivity index (χ0) is 9.56. The lowest BCUT2D eigenvalue weighted by molar-refractivity contribution is -0.0912. The second-order valence-corrected chi connectivity index (χ2v) is 2.42. The largest absolute Gasteiger partial charge is 0.394 e. The van der Waals surface area contributed by atoms with E-state index in [1.54, 1.807) is 0 Å². The number of hydrogen-bond acceptors (Lipinski definition) is 6. The highest BCUT2D eigenvalue weighted by Gasteiger charge is 2.24. The summed E-state index contributed by atoms with van der Waals surface area (Å²) in [6, 6.07) is 0. The molecule has 0 aromatic carbocycles. The molecule has 3 atom stereocenters. The zero-order valence-corrected chi connectivity index (χ0v) is 6.97. The van der Waals surface area contributed by atoms with Gasteiger partial charge >= 0.3 is 0 Å². The van der Waals surface area contributed by atoms with Gasteiger partial charge < -0.3 is 20.1 Å². The molecule has 0 amide bonds. The van der Waals surface area contributed by atoms with Crippen molar-refractivity contribution < 1.29 is 20.1 Å². The summed E-state index contributed by atoms with van der Waals surface area (Å²) in [7, 11) is 1.34. The minimum absolute atomic E-state index is 0.0427. The van der Waals surface area contributed by atoms with Crippen molar-refractivity contribution in [2.75, 3.05) is 20.3 Å². The molecular formula is C6H16N2O4. The van der Waals surface area contributed by atoms with Crippen molar-refractivity contribution in [3.8, 4) is 0 Å². The summed E-state index contributed by atoms with van der Waals surface area (Å²) in [6.45, 7) is -0.305. The summed E-state index contributed by atoms with van der Waals surface area (Å²) < 4.78 is 4.70. The molecular weight excluding hydrogens is 164 g/mol. The number of hydrazine groups is 1. The van der Waals surface area contributed by atoms with Gasteiger partial charge in [-0.05, 0) is 0 Å². The number of nitrogens with two attached hydrogens (primary N) is 1. The molecule has 0 fully saturated rings. The quantitative estimate of drug-likeness (QED) is 0.223. The number of aliphatic hydroxyl groups is 3. The molecule has 0 rings (SSSR count). The zero-order valence-electron chi connectivity index (χ0n) is 6.97. The Morgan fingerprint density at radius 1 is 1.50 bits per heavy atom. The van der Waals surface area contributed by atoms with Gasteiger partial charge in [-0.2, -0.15) is 0 Å². The summed E-state index contributed by atoms with van der Waals surface area (Å²) in [5.74, 6) is 4.93. The van der Waals surface area contributed by atoms with Crippen LogP contribution >= 0.6 is 0 Å². The van der Waals surface area contributed by atoms with E-state index in [-0.39, 0.29) is 13.2 Å². The molecule has 12 heavy (non-hydrogen) atoms. The van der Waals surface area contributed by atoms with Crippen LogP contribution in [0, 0.1) is 0 Å². The lowest BCUT2D eigenvalue weighted by atomic mass is 10.1. The molecule has 0 saturated heterocycles. The fourth-order valence-corrected chi connectivity index (χ4v) is 0.811. The number of hydrogen-bond donors (Lipinski definition) is 5. The molecule has 0 heterocycles. The highest BCUT2D eigenvalue weighted by atomic mass is 16.5. The fraction of sp³-hybridized carbons (Fsp3) is 1.00. The number of ether oxygens (including phenoxy) is 1. The van der Waals surface area contributed by atoms with Crippen LogP contribution < -0.4 is 11.3 Å². The van der Waals surface area contributed by atoms with E-state index in [2.05, 4.69) is 5.43 Å². The van der Waals surface area contributed by atoms with Crippen LogP contribution in [0.15, 0.2) is 0 Å². The van der Waals surface area contributed by atoms with Crippen molar-refractivity contribution in [2.45, 2.75) is 18.3 Å². The van der Waals surface area contributed by atoms with Gasteiger partial charge in [-0.1, -0.05) is 0 Å². The van der Waals surface area contributed by atoms with Gasteiger partial charge in [-0.3, -0.25) is 11.3 Å². The second kappa shape index (κ2) is 6.30. The summed E-state index contributed by atoms with van der Waals surface area (Å²) in [4.78, 5) is 0. The topological polar surface area (TPSA) is 108 Å². The summed E-state index contributed by atoms with van der Waals surface area (Å²) in [6.07, 6.45) is -2.98. The Morgan fingerprint density at radius 3 is 2.42 bits per heavy atom. The molecule has 0 saturated carbocycles. The first-order chi connectivity index (χ1) is 5.67. The molecule has 0 bridgehead atoms. The molecule has 0 aliphatic heterocycles. The van der Waals surface area contributed by atoms with Gasteiger partial charge in [-0.15, -0.1) is 0 Å². The van der Waals surface area contributed by atoms with Gasteiger partial charge in [0.1, 0.15) is 12.2 Å². The summed E-state index contributed by atoms with van der Waals surface area (Å²) in [5.41, 5.74) is 2.20. The molecule has 0 spiro atoms. The smallest absolute Gasteiger partial charge is 0.110 e. The van der Waals surface area contributed by atoms with Gasteiger partial charge in [0.05, 0.1) is 12.7 Å². The third kappa shape index (κ3) is 3.44. The Hall–Kier alpha value is -0.240. The van der Waals surface area contributed by atoms with E-state index in [1.807, 2.05) is 0 Å². The maximum absolute atomic E-state index is 9.28. The summed E-state index contributed by atoms with van der Waals surface area (Å²) in [5, 5.41) is 27.1. The van der Waals surface area contributed by atoms with E-state index in [4.69, 9.17) is 20.8 Å². The van der Waals surface area contributed by atoms with Gasteiger partial charge in [0.15, 0.2) is 0 Å². The fourth-order valence-electron chi connectivity index (χ4n) is 0.811. The Morgan fingerprint density at radius 2 is 2.08 bits per heavy atom. The van der Waals surface area contributed by atoms with E-state index < -0.39 is 18.3 Å². The van der Waals surface area contributed by atoms with Crippen molar-refractivity contribution in [3.63, 3.8) is 0 Å². The normalized spacial score (nSPS) is 18.8. The first-order valence-electron chi connectivity index (χ1n) is 3.60. The molecule has 0 aromatic rings. The van der Waals surface area contributed by atoms with Crippen molar-refractivity contribution in [2.24, 2.45) is 5.84 Å². The monoisotopic (exact) mass is 180 g/mol. The van der Waals surface area contributed by atoms with Crippen molar-refractivity contribution >= 4 is 0 Å². The second-order valence-electron chi connectivity index (χ2n) is 2.42. The average Bonchev–Trinajstić information content (AvgIpc) is 2.07. The molecule has 0 aliphatic rings. The van der Waals surface area contributed by atoms with Crippen molar-refractivity contribution in [1.29, 1.82) is 0 Å².